The Labute approximate surface area is 90.2 Å². The smallest absolute Gasteiger partial charge is 0.227 e. The summed E-state index contributed by atoms with van der Waals surface area (Å²) in [6, 6.07) is 0. The van der Waals surface area contributed by atoms with Gasteiger partial charge < -0.3 is 10.4 Å². The Morgan fingerprint density at radius 3 is 2.53 bits per heavy atom. The van der Waals surface area contributed by atoms with Crippen LogP contribution in [0.2, 0.25) is 0 Å². The van der Waals surface area contributed by atoms with Crippen molar-refractivity contribution in [3.63, 3.8) is 0 Å². The summed E-state index contributed by atoms with van der Waals surface area (Å²) in [6.45, 7) is 7.13. The predicted octanol–water partition coefficient (Wildman–Crippen LogP) is 2.43. The summed E-state index contributed by atoms with van der Waals surface area (Å²) in [4.78, 5) is 11.4. The lowest BCUT2D eigenvalue weighted by atomic mass is 10.2. The van der Waals surface area contributed by atoms with Gasteiger partial charge in [0, 0.05) is 17.7 Å². The first-order valence-electron chi connectivity index (χ1n) is 5.08. The molecule has 0 aromatic rings. The summed E-state index contributed by atoms with van der Waals surface area (Å²) in [7, 11) is 0. The summed E-state index contributed by atoms with van der Waals surface area (Å²) >= 11 is 0. The van der Waals surface area contributed by atoms with Crippen molar-refractivity contribution in [2.45, 2.75) is 26.7 Å². The molecule has 1 aliphatic carbocycles. The largest absolute Gasteiger partial charge is 0.508 e. The van der Waals surface area contributed by atoms with Crippen LogP contribution in [0.3, 0.4) is 0 Å². The van der Waals surface area contributed by atoms with E-state index in [1.807, 2.05) is 6.92 Å². The van der Waals surface area contributed by atoms with Crippen molar-refractivity contribution >= 4 is 5.91 Å². The lowest BCUT2D eigenvalue weighted by Gasteiger charge is -2.05. The second-order valence-electron chi connectivity index (χ2n) is 3.82. The zero-order valence-corrected chi connectivity index (χ0v) is 9.21. The van der Waals surface area contributed by atoms with Crippen molar-refractivity contribution in [1.29, 1.82) is 0 Å². The first-order chi connectivity index (χ1) is 7.04. The number of rotatable bonds is 4. The van der Waals surface area contributed by atoms with Crippen LogP contribution in [0.15, 0.2) is 35.8 Å². The van der Waals surface area contributed by atoms with E-state index in [9.17, 15) is 9.90 Å². The lowest BCUT2D eigenvalue weighted by molar-refractivity contribution is -0.121. The van der Waals surface area contributed by atoms with Crippen molar-refractivity contribution < 1.29 is 9.90 Å². The van der Waals surface area contributed by atoms with Crippen LogP contribution in [0.1, 0.15) is 26.7 Å². The molecule has 2 N–H and O–H groups in total. The van der Waals surface area contributed by atoms with Crippen LogP contribution in [-0.2, 0) is 4.79 Å². The van der Waals surface area contributed by atoms with Crippen LogP contribution >= 0.6 is 0 Å². The Morgan fingerprint density at radius 1 is 1.53 bits per heavy atom. The third kappa shape index (κ3) is 3.62. The third-order valence-corrected chi connectivity index (χ3v) is 2.26. The van der Waals surface area contributed by atoms with Gasteiger partial charge in [-0.25, -0.2) is 0 Å². The van der Waals surface area contributed by atoms with Crippen LogP contribution in [0.4, 0.5) is 0 Å². The van der Waals surface area contributed by atoms with E-state index in [2.05, 4.69) is 11.9 Å². The standard InChI is InChI=1S/C12H17NO2/c1-4-10(7-11(14)8(2)3)13-12(15)9-5-6-9/h4,7,9,14H,2,5-6H2,1,3H3,(H,13,15)/b10-4+,11-7+. The number of hydrogen-bond acceptors (Lipinski definition) is 2. The van der Waals surface area contributed by atoms with E-state index in [4.69, 9.17) is 0 Å². The average molecular weight is 207 g/mol. The van der Waals surface area contributed by atoms with Crippen LogP contribution in [0, 0.1) is 5.92 Å². The van der Waals surface area contributed by atoms with Crippen LogP contribution in [0.5, 0.6) is 0 Å². The molecule has 0 aliphatic heterocycles. The first kappa shape index (κ1) is 11.6. The molecule has 1 rings (SSSR count). The molecule has 15 heavy (non-hydrogen) atoms. The molecule has 1 saturated carbocycles. The highest BCUT2D eigenvalue weighted by Gasteiger charge is 2.29. The van der Waals surface area contributed by atoms with Crippen LogP contribution < -0.4 is 5.32 Å². The van der Waals surface area contributed by atoms with Gasteiger partial charge >= 0.3 is 0 Å². The minimum Gasteiger partial charge on any atom is -0.508 e. The second-order valence-corrected chi connectivity index (χ2v) is 3.82. The Hall–Kier alpha value is -1.51. The summed E-state index contributed by atoms with van der Waals surface area (Å²) in [5, 5.41) is 12.2. The molecule has 0 aromatic heterocycles. The van der Waals surface area contributed by atoms with Gasteiger partial charge in [-0.15, -0.1) is 0 Å². The average Bonchev–Trinajstić information content (AvgIpc) is 2.99. The second kappa shape index (κ2) is 4.82. The number of carbonyl (C=O) groups excluding carboxylic acids is 1. The van der Waals surface area contributed by atoms with Crippen molar-refractivity contribution in [1.82, 2.24) is 5.32 Å². The van der Waals surface area contributed by atoms with Gasteiger partial charge in [0.05, 0.1) is 0 Å². The third-order valence-electron chi connectivity index (χ3n) is 2.26. The van der Waals surface area contributed by atoms with Gasteiger partial charge in [-0.2, -0.15) is 0 Å². The topological polar surface area (TPSA) is 49.3 Å². The molecule has 1 fully saturated rings. The van der Waals surface area contributed by atoms with E-state index in [1.165, 1.54) is 6.08 Å². The number of allylic oxidation sites excluding steroid dienone is 3. The number of amides is 1. The summed E-state index contributed by atoms with van der Waals surface area (Å²) in [5.41, 5.74) is 1.20. The molecule has 1 aliphatic rings. The van der Waals surface area contributed by atoms with Crippen LogP contribution in [-0.4, -0.2) is 11.0 Å². The number of aliphatic hydroxyl groups is 1. The van der Waals surface area contributed by atoms with E-state index in [0.29, 0.717) is 11.3 Å². The molecule has 3 heteroatoms. The predicted molar refractivity (Wildman–Crippen MR) is 60.1 cm³/mol. The van der Waals surface area contributed by atoms with Gasteiger partial charge in [0.15, 0.2) is 0 Å². The maximum Gasteiger partial charge on any atom is 0.227 e. The number of hydrogen-bond donors (Lipinski definition) is 2. The van der Waals surface area contributed by atoms with Gasteiger partial charge in [0.2, 0.25) is 5.91 Å². The maximum atomic E-state index is 11.4. The van der Waals surface area contributed by atoms with Gasteiger partial charge in [0.25, 0.3) is 0 Å². The molecule has 3 nitrogen and oxygen atoms in total. The fraction of sp³-hybridized carbons (Fsp3) is 0.417. The molecule has 0 radical (unpaired) electrons. The molecule has 0 spiro atoms. The first-order valence-corrected chi connectivity index (χ1v) is 5.08. The molecule has 0 unspecified atom stereocenters. The number of nitrogens with one attached hydrogen (secondary N) is 1. The zero-order valence-electron chi connectivity index (χ0n) is 9.21. The highest BCUT2D eigenvalue weighted by Crippen LogP contribution is 2.29. The Bertz CT molecular complexity index is 336. The molecule has 82 valence electrons. The van der Waals surface area contributed by atoms with E-state index in [-0.39, 0.29) is 17.6 Å². The minimum atomic E-state index is 0.0360. The van der Waals surface area contributed by atoms with Gasteiger partial charge in [0.1, 0.15) is 5.76 Å². The Kier molecular flexibility index (Phi) is 3.72. The SMILES string of the molecule is C=C(C)/C(O)=C\C(=C/C)NC(=O)C1CC1. The number of carbonyl (C=O) groups is 1. The highest BCUT2D eigenvalue weighted by molar-refractivity contribution is 5.82. The molecular weight excluding hydrogens is 190 g/mol. The van der Waals surface area contributed by atoms with Gasteiger partial charge in [-0.1, -0.05) is 12.7 Å². The molecule has 1 amide bonds. The molecule has 0 saturated heterocycles. The fourth-order valence-electron chi connectivity index (χ4n) is 1.05. The lowest BCUT2D eigenvalue weighted by Crippen LogP contribution is -2.23. The molecular formula is C12H17NO2. The minimum absolute atomic E-state index is 0.0360. The van der Waals surface area contributed by atoms with Crippen molar-refractivity contribution in [3.8, 4) is 0 Å². The monoisotopic (exact) mass is 207 g/mol. The molecule has 0 aromatic carbocycles. The normalized spacial score (nSPS) is 17.5. The zero-order chi connectivity index (χ0) is 11.4. The van der Waals surface area contributed by atoms with E-state index in [1.54, 1.807) is 13.0 Å². The van der Waals surface area contributed by atoms with E-state index < -0.39 is 0 Å². The Morgan fingerprint density at radius 2 is 2.13 bits per heavy atom. The molecule has 0 bridgehead atoms. The van der Waals surface area contributed by atoms with E-state index in [0.717, 1.165) is 12.8 Å². The quantitative estimate of drug-likeness (QED) is 0.549. The van der Waals surface area contributed by atoms with Gasteiger partial charge in [-0.3, -0.25) is 4.79 Å². The van der Waals surface area contributed by atoms with Crippen LogP contribution in [0.25, 0.3) is 0 Å². The fourth-order valence-corrected chi connectivity index (χ4v) is 1.05. The van der Waals surface area contributed by atoms with Crippen molar-refractivity contribution in [3.05, 3.63) is 35.8 Å². The van der Waals surface area contributed by atoms with Crippen molar-refractivity contribution in [2.24, 2.45) is 5.92 Å². The van der Waals surface area contributed by atoms with E-state index >= 15 is 0 Å². The maximum absolute atomic E-state index is 11.4. The highest BCUT2D eigenvalue weighted by atomic mass is 16.3. The Balaban J connectivity index is 2.60. The summed E-state index contributed by atoms with van der Waals surface area (Å²) in [5.74, 6) is 0.299. The number of aliphatic hydroxyl groups excluding tert-OH is 1. The van der Waals surface area contributed by atoms with Crippen molar-refractivity contribution in [2.75, 3.05) is 0 Å². The molecule has 0 heterocycles. The molecule has 0 atom stereocenters. The van der Waals surface area contributed by atoms with Gasteiger partial charge in [-0.05, 0) is 32.3 Å². The summed E-state index contributed by atoms with van der Waals surface area (Å²) in [6.07, 6.45) is 5.21. The summed E-state index contributed by atoms with van der Waals surface area (Å²) < 4.78 is 0.